The first-order chi connectivity index (χ1) is 9.06. The van der Waals surface area contributed by atoms with Crippen LogP contribution in [0.15, 0.2) is 36.7 Å². The molecule has 0 aliphatic rings. The minimum absolute atomic E-state index is 0.333. The molecule has 2 rings (SSSR count). The fraction of sp³-hybridized carbons (Fsp3) is 0.267. The molecule has 0 fully saturated rings. The van der Waals surface area contributed by atoms with Gasteiger partial charge in [0.2, 0.25) is 0 Å². The molecule has 1 N–H and O–H groups in total. The molecule has 0 saturated heterocycles. The summed E-state index contributed by atoms with van der Waals surface area (Å²) in [6, 6.07) is 6.10. The van der Waals surface area contributed by atoms with Gasteiger partial charge in [-0.2, -0.15) is 0 Å². The van der Waals surface area contributed by atoms with E-state index < -0.39 is 6.10 Å². The highest BCUT2D eigenvalue weighted by Crippen LogP contribution is 2.26. The summed E-state index contributed by atoms with van der Waals surface area (Å²) in [7, 11) is 0. The molecule has 19 heavy (non-hydrogen) atoms. The average molecular weight is 261 g/mol. The van der Waals surface area contributed by atoms with Gasteiger partial charge in [0.25, 0.3) is 0 Å². The van der Waals surface area contributed by atoms with Gasteiger partial charge >= 0.3 is 0 Å². The van der Waals surface area contributed by atoms with E-state index >= 15 is 0 Å². The van der Waals surface area contributed by atoms with Crippen LogP contribution in [0.1, 0.15) is 29.7 Å². The van der Waals surface area contributed by atoms with Gasteiger partial charge in [0, 0.05) is 23.5 Å². The number of aliphatic hydroxyl groups excluding tert-OH is 1. The lowest BCUT2D eigenvalue weighted by Crippen LogP contribution is -2.02. The van der Waals surface area contributed by atoms with Crippen molar-refractivity contribution in [2.24, 2.45) is 0 Å². The zero-order valence-electron chi connectivity index (χ0n) is 10.9. The Morgan fingerprint density at radius 2 is 2.11 bits per heavy atom. The molecule has 0 aliphatic heterocycles. The second kappa shape index (κ2) is 5.80. The summed E-state index contributed by atoms with van der Waals surface area (Å²) in [5.74, 6) is 0.0957. The van der Waals surface area contributed by atoms with Gasteiger partial charge in [0.1, 0.15) is 18.2 Å². The summed E-state index contributed by atoms with van der Waals surface area (Å²) < 4.78 is 18.8. The molecular formula is C15H16FNO2. The number of ether oxygens (including phenoxy) is 1. The van der Waals surface area contributed by atoms with Crippen molar-refractivity contribution in [2.75, 3.05) is 0 Å². The molecule has 100 valence electrons. The lowest BCUT2D eigenvalue weighted by atomic mass is 10.1. The monoisotopic (exact) mass is 261 g/mol. The minimum atomic E-state index is -0.777. The maximum absolute atomic E-state index is 13.1. The molecule has 0 bridgehead atoms. The number of rotatable bonds is 4. The van der Waals surface area contributed by atoms with E-state index in [4.69, 9.17) is 4.74 Å². The van der Waals surface area contributed by atoms with Crippen LogP contribution in [0.25, 0.3) is 0 Å². The fourth-order valence-electron chi connectivity index (χ4n) is 1.83. The summed E-state index contributed by atoms with van der Waals surface area (Å²) in [5.41, 5.74) is 2.43. The molecule has 3 nitrogen and oxygen atoms in total. The molecule has 1 aromatic carbocycles. The minimum Gasteiger partial charge on any atom is -0.488 e. The summed E-state index contributed by atoms with van der Waals surface area (Å²) >= 11 is 0. The predicted octanol–water partition coefficient (Wildman–Crippen LogP) is 3.16. The number of halogens is 1. The van der Waals surface area contributed by atoms with Crippen molar-refractivity contribution in [2.45, 2.75) is 26.6 Å². The Balaban J connectivity index is 2.15. The molecule has 1 aromatic heterocycles. The van der Waals surface area contributed by atoms with Crippen molar-refractivity contribution < 1.29 is 14.2 Å². The Hall–Kier alpha value is -1.94. The standard InChI is InChI=1S/C15H16FNO2/c1-10-5-12(8-17-7-10)9-19-15-4-3-13(16)6-14(15)11(2)18/h3-8,11,18H,9H2,1-2H3/t11-/m1/s1. The van der Waals surface area contributed by atoms with Crippen LogP contribution in [-0.4, -0.2) is 10.1 Å². The third-order valence-corrected chi connectivity index (χ3v) is 2.75. The van der Waals surface area contributed by atoms with Gasteiger partial charge < -0.3 is 9.84 Å². The maximum atomic E-state index is 13.1. The highest BCUT2D eigenvalue weighted by molar-refractivity contribution is 5.35. The van der Waals surface area contributed by atoms with Crippen LogP contribution in [0.2, 0.25) is 0 Å². The molecule has 2 aromatic rings. The van der Waals surface area contributed by atoms with E-state index in [-0.39, 0.29) is 5.82 Å². The third-order valence-electron chi connectivity index (χ3n) is 2.75. The summed E-state index contributed by atoms with van der Waals surface area (Å²) in [5, 5.41) is 9.61. The SMILES string of the molecule is Cc1cncc(COc2ccc(F)cc2[C@@H](C)O)c1. The van der Waals surface area contributed by atoms with Gasteiger partial charge in [-0.25, -0.2) is 4.39 Å². The van der Waals surface area contributed by atoms with Gasteiger partial charge in [0.15, 0.2) is 0 Å². The summed E-state index contributed by atoms with van der Waals surface area (Å²) in [6.07, 6.45) is 2.71. The first kappa shape index (κ1) is 13.5. The van der Waals surface area contributed by atoms with Gasteiger partial charge in [-0.15, -0.1) is 0 Å². The van der Waals surface area contributed by atoms with Gasteiger partial charge in [0.05, 0.1) is 6.10 Å². The number of benzene rings is 1. The van der Waals surface area contributed by atoms with Crippen LogP contribution >= 0.6 is 0 Å². The smallest absolute Gasteiger partial charge is 0.125 e. The van der Waals surface area contributed by atoms with Crippen LogP contribution in [0.3, 0.4) is 0 Å². The fourth-order valence-corrected chi connectivity index (χ4v) is 1.83. The first-order valence-electron chi connectivity index (χ1n) is 6.07. The topological polar surface area (TPSA) is 42.4 Å². The second-order valence-corrected chi connectivity index (χ2v) is 4.52. The van der Waals surface area contributed by atoms with Crippen molar-refractivity contribution in [1.82, 2.24) is 4.98 Å². The van der Waals surface area contributed by atoms with E-state index in [2.05, 4.69) is 4.98 Å². The highest BCUT2D eigenvalue weighted by atomic mass is 19.1. The molecular weight excluding hydrogens is 245 g/mol. The molecule has 0 spiro atoms. The van der Waals surface area contributed by atoms with Crippen LogP contribution in [0, 0.1) is 12.7 Å². The van der Waals surface area contributed by atoms with Gasteiger partial charge in [-0.3, -0.25) is 4.98 Å². The van der Waals surface area contributed by atoms with Crippen LogP contribution < -0.4 is 4.74 Å². The van der Waals surface area contributed by atoms with Gasteiger partial charge in [-0.05, 0) is 43.7 Å². The third kappa shape index (κ3) is 3.51. The molecule has 4 heteroatoms. The number of aryl methyl sites for hydroxylation is 1. The summed E-state index contributed by atoms with van der Waals surface area (Å²) in [6.45, 7) is 3.87. The largest absolute Gasteiger partial charge is 0.488 e. The normalized spacial score (nSPS) is 12.2. The first-order valence-corrected chi connectivity index (χ1v) is 6.07. The molecule has 0 aliphatic carbocycles. The van der Waals surface area contributed by atoms with Crippen molar-refractivity contribution in [3.05, 3.63) is 59.2 Å². The lowest BCUT2D eigenvalue weighted by Gasteiger charge is -2.13. The molecule has 0 radical (unpaired) electrons. The number of nitrogens with zero attached hydrogens (tertiary/aromatic N) is 1. The zero-order chi connectivity index (χ0) is 13.8. The Morgan fingerprint density at radius 3 is 2.79 bits per heavy atom. The molecule has 0 saturated carbocycles. The second-order valence-electron chi connectivity index (χ2n) is 4.52. The maximum Gasteiger partial charge on any atom is 0.125 e. The van der Waals surface area contributed by atoms with Crippen molar-refractivity contribution in [3.8, 4) is 5.75 Å². The molecule has 0 amide bonds. The van der Waals surface area contributed by atoms with E-state index in [1.165, 1.54) is 18.2 Å². The van der Waals surface area contributed by atoms with Crippen LogP contribution in [0.5, 0.6) is 5.75 Å². The van der Waals surface area contributed by atoms with E-state index in [0.717, 1.165) is 11.1 Å². The number of hydrogen-bond donors (Lipinski definition) is 1. The number of pyridine rings is 1. The average Bonchev–Trinajstić information content (AvgIpc) is 2.37. The molecule has 1 heterocycles. The van der Waals surface area contributed by atoms with E-state index in [1.807, 2.05) is 13.0 Å². The molecule has 0 unspecified atom stereocenters. The Bertz CT molecular complexity index is 570. The summed E-state index contributed by atoms with van der Waals surface area (Å²) in [4.78, 5) is 4.08. The quantitative estimate of drug-likeness (QED) is 0.919. The lowest BCUT2D eigenvalue weighted by molar-refractivity contribution is 0.189. The van der Waals surface area contributed by atoms with Gasteiger partial charge in [-0.1, -0.05) is 0 Å². The van der Waals surface area contributed by atoms with Crippen LogP contribution in [-0.2, 0) is 6.61 Å². The highest BCUT2D eigenvalue weighted by Gasteiger charge is 2.10. The van der Waals surface area contributed by atoms with E-state index in [9.17, 15) is 9.50 Å². The van der Waals surface area contributed by atoms with Crippen LogP contribution in [0.4, 0.5) is 4.39 Å². The van der Waals surface area contributed by atoms with E-state index in [1.54, 1.807) is 19.3 Å². The Morgan fingerprint density at radius 1 is 1.32 bits per heavy atom. The van der Waals surface area contributed by atoms with Crippen molar-refractivity contribution in [3.63, 3.8) is 0 Å². The number of aromatic nitrogens is 1. The predicted molar refractivity (Wildman–Crippen MR) is 70.3 cm³/mol. The Kier molecular flexibility index (Phi) is 4.12. The molecule has 1 atom stereocenters. The number of hydrogen-bond acceptors (Lipinski definition) is 3. The zero-order valence-corrected chi connectivity index (χ0v) is 10.9. The van der Waals surface area contributed by atoms with Crippen molar-refractivity contribution >= 4 is 0 Å². The van der Waals surface area contributed by atoms with Crippen molar-refractivity contribution in [1.29, 1.82) is 0 Å². The number of aliphatic hydroxyl groups is 1. The Labute approximate surface area is 111 Å². The van der Waals surface area contributed by atoms with E-state index in [0.29, 0.717) is 17.9 Å².